The van der Waals surface area contributed by atoms with Crippen molar-refractivity contribution in [1.82, 2.24) is 0 Å². The molecule has 0 aliphatic carbocycles. The summed E-state index contributed by atoms with van der Waals surface area (Å²) in [7, 11) is 0. The van der Waals surface area contributed by atoms with Crippen molar-refractivity contribution in [1.29, 1.82) is 5.26 Å². The molecule has 1 aromatic rings. The van der Waals surface area contributed by atoms with Crippen molar-refractivity contribution in [2.75, 3.05) is 5.88 Å². The summed E-state index contributed by atoms with van der Waals surface area (Å²) in [5.41, 5.74) is 0.890. The highest BCUT2D eigenvalue weighted by Gasteiger charge is 2.14. The lowest BCUT2D eigenvalue weighted by Gasteiger charge is -2.04. The molecular weight excluding hydrogens is 328 g/mol. The summed E-state index contributed by atoms with van der Waals surface area (Å²) in [6.07, 6.45) is 0.575. The topological polar surface area (TPSA) is 57.9 Å². The summed E-state index contributed by atoms with van der Waals surface area (Å²) in [6.45, 7) is 0. The Morgan fingerprint density at radius 2 is 2.27 bits per heavy atom. The number of carbonyl (C=O) groups excluding carboxylic acids is 2. The number of nitrogens with zero attached hydrogens (tertiary/aromatic N) is 1. The summed E-state index contributed by atoms with van der Waals surface area (Å²) >= 11 is 7.29. The van der Waals surface area contributed by atoms with Crippen molar-refractivity contribution in [3.8, 4) is 6.07 Å². The molecule has 1 aromatic carbocycles. The Labute approximate surface area is 105 Å². The molecule has 0 spiro atoms. The van der Waals surface area contributed by atoms with E-state index in [1.807, 2.05) is 28.7 Å². The smallest absolute Gasteiger partial charge is 0.178 e. The molecule has 0 saturated carbocycles. The van der Waals surface area contributed by atoms with E-state index >= 15 is 0 Å². The van der Waals surface area contributed by atoms with Crippen molar-refractivity contribution in [3.63, 3.8) is 0 Å². The fourth-order valence-electron chi connectivity index (χ4n) is 1.09. The Hall–Kier alpha value is -0.930. The van der Waals surface area contributed by atoms with Crippen LogP contribution in [-0.4, -0.2) is 17.9 Å². The number of rotatable bonds is 3. The van der Waals surface area contributed by atoms with Gasteiger partial charge in [0.1, 0.15) is 0 Å². The molecule has 0 aromatic heterocycles. The number of hydrogen-bond acceptors (Lipinski definition) is 3. The highest BCUT2D eigenvalue weighted by molar-refractivity contribution is 14.1. The number of nitriles is 1. The quantitative estimate of drug-likeness (QED) is 0.369. The van der Waals surface area contributed by atoms with Gasteiger partial charge in [-0.3, -0.25) is 9.59 Å². The molecule has 0 fully saturated rings. The molecule has 0 saturated heterocycles. The molecule has 3 nitrogen and oxygen atoms in total. The van der Waals surface area contributed by atoms with E-state index in [2.05, 4.69) is 0 Å². The van der Waals surface area contributed by atoms with Crippen LogP contribution in [0, 0.1) is 14.9 Å². The monoisotopic (exact) mass is 333 g/mol. The number of ketones is 1. The van der Waals surface area contributed by atoms with Crippen LogP contribution in [0.4, 0.5) is 0 Å². The van der Waals surface area contributed by atoms with E-state index in [9.17, 15) is 9.59 Å². The number of carbonyl (C=O) groups is 2. The average Bonchev–Trinajstić information content (AvgIpc) is 2.27. The first-order valence-electron chi connectivity index (χ1n) is 3.92. The van der Waals surface area contributed by atoms with E-state index in [0.717, 1.165) is 0 Å². The lowest BCUT2D eigenvalue weighted by molar-refractivity contribution is 0.102. The molecule has 0 amide bonds. The second-order valence-corrected chi connectivity index (χ2v) is 4.02. The highest BCUT2D eigenvalue weighted by Crippen LogP contribution is 2.20. The van der Waals surface area contributed by atoms with Crippen LogP contribution >= 0.6 is 34.2 Å². The zero-order chi connectivity index (χ0) is 11.4. The normalized spacial score (nSPS) is 9.40. The molecule has 76 valence electrons. The first-order valence-corrected chi connectivity index (χ1v) is 5.54. The van der Waals surface area contributed by atoms with E-state index in [4.69, 9.17) is 16.9 Å². The molecule has 0 aliphatic rings. The second-order valence-electron chi connectivity index (χ2n) is 2.67. The molecular formula is C10H5ClINO2. The maximum absolute atomic E-state index is 11.4. The van der Waals surface area contributed by atoms with Crippen molar-refractivity contribution in [3.05, 3.63) is 32.4 Å². The number of aldehydes is 1. The van der Waals surface area contributed by atoms with Crippen molar-refractivity contribution in [2.45, 2.75) is 0 Å². The van der Waals surface area contributed by atoms with Crippen molar-refractivity contribution >= 4 is 46.3 Å². The minimum atomic E-state index is -0.256. The second kappa shape index (κ2) is 5.24. The summed E-state index contributed by atoms with van der Waals surface area (Å²) in [5.74, 6) is -0.395. The number of alkyl halides is 1. The van der Waals surface area contributed by atoms with Gasteiger partial charge < -0.3 is 0 Å². The minimum Gasteiger partial charge on any atom is -0.298 e. The molecule has 5 heteroatoms. The van der Waals surface area contributed by atoms with Gasteiger partial charge in [-0.05, 0) is 34.7 Å². The molecule has 0 bridgehead atoms. The summed E-state index contributed by atoms with van der Waals surface area (Å²) in [4.78, 5) is 22.1. The summed E-state index contributed by atoms with van der Waals surface area (Å²) in [5, 5.41) is 8.74. The van der Waals surface area contributed by atoms with Crippen LogP contribution in [0.25, 0.3) is 0 Å². The van der Waals surface area contributed by atoms with Crippen LogP contribution < -0.4 is 0 Å². The Morgan fingerprint density at radius 3 is 2.73 bits per heavy atom. The standard InChI is InChI=1S/C10H5ClINO2/c11-3-9(15)7-2-1-6(4-13)8(5-14)10(7)12/h1-2,5H,3H2. The van der Waals surface area contributed by atoms with E-state index < -0.39 is 0 Å². The average molecular weight is 334 g/mol. The van der Waals surface area contributed by atoms with Gasteiger partial charge in [0, 0.05) is 14.7 Å². The summed E-state index contributed by atoms with van der Waals surface area (Å²) in [6, 6.07) is 4.85. The molecule has 0 N–H and O–H groups in total. The van der Waals surface area contributed by atoms with E-state index in [0.29, 0.717) is 15.4 Å². The lowest BCUT2D eigenvalue weighted by atomic mass is 10.0. The maximum Gasteiger partial charge on any atom is 0.178 e. The van der Waals surface area contributed by atoms with Crippen LogP contribution in [0.5, 0.6) is 0 Å². The Bertz CT molecular complexity index is 465. The lowest BCUT2D eigenvalue weighted by Crippen LogP contribution is -2.06. The van der Waals surface area contributed by atoms with Crippen LogP contribution in [0.2, 0.25) is 0 Å². The van der Waals surface area contributed by atoms with Gasteiger partial charge in [-0.1, -0.05) is 0 Å². The van der Waals surface area contributed by atoms with Gasteiger partial charge in [0.25, 0.3) is 0 Å². The Kier molecular flexibility index (Phi) is 4.24. The molecule has 0 atom stereocenters. The Balaban J connectivity index is 3.43. The number of halogens is 2. The molecule has 15 heavy (non-hydrogen) atoms. The van der Waals surface area contributed by atoms with Gasteiger partial charge in [0.2, 0.25) is 0 Å². The molecule has 0 unspecified atom stereocenters. The first kappa shape index (κ1) is 12.1. The largest absolute Gasteiger partial charge is 0.298 e. The van der Waals surface area contributed by atoms with Gasteiger partial charge in [-0.15, -0.1) is 11.6 Å². The molecule has 0 aliphatic heterocycles. The number of Topliss-reactive ketones (excluding diaryl/α,β-unsaturated/α-hetero) is 1. The van der Waals surface area contributed by atoms with Gasteiger partial charge >= 0.3 is 0 Å². The fraction of sp³-hybridized carbons (Fsp3) is 0.100. The predicted octanol–water partition coefficient (Wildman–Crippen LogP) is 2.40. The minimum absolute atomic E-state index is 0.139. The van der Waals surface area contributed by atoms with Crippen molar-refractivity contribution < 1.29 is 9.59 Å². The number of hydrogen-bond donors (Lipinski definition) is 0. The van der Waals surface area contributed by atoms with Gasteiger partial charge in [0.05, 0.1) is 17.5 Å². The van der Waals surface area contributed by atoms with Crippen LogP contribution in [0.15, 0.2) is 12.1 Å². The van der Waals surface area contributed by atoms with E-state index in [1.165, 1.54) is 12.1 Å². The predicted molar refractivity (Wildman–Crippen MR) is 64.3 cm³/mol. The molecule has 1 rings (SSSR count). The van der Waals surface area contributed by atoms with Gasteiger partial charge in [-0.2, -0.15) is 5.26 Å². The van der Waals surface area contributed by atoms with E-state index in [1.54, 1.807) is 0 Å². The third-order valence-electron chi connectivity index (χ3n) is 1.84. The van der Waals surface area contributed by atoms with Crippen molar-refractivity contribution in [2.24, 2.45) is 0 Å². The maximum atomic E-state index is 11.4. The van der Waals surface area contributed by atoms with Crippen LogP contribution in [0.1, 0.15) is 26.3 Å². The van der Waals surface area contributed by atoms with Crippen LogP contribution in [-0.2, 0) is 0 Å². The van der Waals surface area contributed by atoms with Gasteiger partial charge in [-0.25, -0.2) is 0 Å². The Morgan fingerprint density at radius 1 is 1.60 bits per heavy atom. The third-order valence-corrected chi connectivity index (χ3v) is 3.24. The molecule has 0 radical (unpaired) electrons. The van der Waals surface area contributed by atoms with E-state index in [-0.39, 0.29) is 22.8 Å². The van der Waals surface area contributed by atoms with Gasteiger partial charge in [0.15, 0.2) is 12.1 Å². The molecule has 0 heterocycles. The third kappa shape index (κ3) is 2.36. The fourth-order valence-corrected chi connectivity index (χ4v) is 2.14. The zero-order valence-electron chi connectivity index (χ0n) is 7.46. The summed E-state index contributed by atoms with van der Waals surface area (Å²) < 4.78 is 0.479. The first-order chi connectivity index (χ1) is 7.15. The highest BCUT2D eigenvalue weighted by atomic mass is 127. The SMILES string of the molecule is N#Cc1ccc(C(=O)CCl)c(I)c1C=O. The van der Waals surface area contributed by atoms with Crippen LogP contribution in [0.3, 0.4) is 0 Å². The zero-order valence-corrected chi connectivity index (χ0v) is 10.4. The number of benzene rings is 1.